The van der Waals surface area contributed by atoms with E-state index in [-0.39, 0.29) is 5.56 Å². The standard InChI is InChI=1S/C21H26N2O/c1-23-14-18(17-7-8-17)13-20(21(23)24)22-19-11-9-16(10-12-19)15-5-3-2-4-6-15/h2-6,13-14,16-17,19,22H,7-12H2,1H3/t16-,19+. The molecule has 2 aromatic rings. The second-order valence-electron chi connectivity index (χ2n) is 7.48. The summed E-state index contributed by atoms with van der Waals surface area (Å²) in [4.78, 5) is 12.4. The number of hydrogen-bond acceptors (Lipinski definition) is 2. The highest BCUT2D eigenvalue weighted by atomic mass is 16.1. The zero-order valence-corrected chi connectivity index (χ0v) is 14.4. The predicted molar refractivity (Wildman–Crippen MR) is 98.7 cm³/mol. The molecule has 0 amide bonds. The molecular weight excluding hydrogens is 296 g/mol. The van der Waals surface area contributed by atoms with Crippen molar-refractivity contribution in [3.8, 4) is 0 Å². The second-order valence-corrected chi connectivity index (χ2v) is 7.48. The third-order valence-corrected chi connectivity index (χ3v) is 5.61. The lowest BCUT2D eigenvalue weighted by molar-refractivity contribution is 0.412. The first-order valence-electron chi connectivity index (χ1n) is 9.23. The van der Waals surface area contributed by atoms with Crippen LogP contribution in [0.3, 0.4) is 0 Å². The second kappa shape index (κ2) is 6.46. The summed E-state index contributed by atoms with van der Waals surface area (Å²) in [7, 11) is 1.87. The van der Waals surface area contributed by atoms with E-state index in [2.05, 4.69) is 41.7 Å². The molecule has 2 aliphatic rings. The van der Waals surface area contributed by atoms with Gasteiger partial charge in [0.2, 0.25) is 0 Å². The van der Waals surface area contributed by atoms with E-state index in [0.29, 0.717) is 17.9 Å². The van der Waals surface area contributed by atoms with E-state index < -0.39 is 0 Å². The van der Waals surface area contributed by atoms with Gasteiger partial charge in [-0.15, -0.1) is 0 Å². The molecule has 2 aliphatic carbocycles. The highest BCUT2D eigenvalue weighted by molar-refractivity contribution is 5.46. The monoisotopic (exact) mass is 322 g/mol. The molecule has 4 rings (SSSR count). The Morgan fingerprint density at radius 1 is 0.917 bits per heavy atom. The van der Waals surface area contributed by atoms with E-state index in [1.807, 2.05) is 13.2 Å². The normalized spacial score (nSPS) is 23.9. The molecule has 1 N–H and O–H groups in total. The van der Waals surface area contributed by atoms with Crippen LogP contribution in [0, 0.1) is 0 Å². The van der Waals surface area contributed by atoms with E-state index in [4.69, 9.17) is 0 Å². The van der Waals surface area contributed by atoms with Crippen molar-refractivity contribution in [2.75, 3.05) is 5.32 Å². The number of nitrogens with one attached hydrogen (secondary N) is 1. The first-order valence-corrected chi connectivity index (χ1v) is 9.23. The van der Waals surface area contributed by atoms with Crippen LogP contribution in [0.25, 0.3) is 0 Å². The van der Waals surface area contributed by atoms with Gasteiger partial charge in [0.15, 0.2) is 0 Å². The van der Waals surface area contributed by atoms with E-state index in [1.165, 1.54) is 36.8 Å². The Bertz CT molecular complexity index is 753. The van der Waals surface area contributed by atoms with Crippen molar-refractivity contribution in [1.82, 2.24) is 4.57 Å². The molecule has 0 spiro atoms. The number of aromatic nitrogens is 1. The van der Waals surface area contributed by atoms with Gasteiger partial charge in [-0.1, -0.05) is 30.3 Å². The Balaban J connectivity index is 1.43. The molecule has 24 heavy (non-hydrogen) atoms. The first kappa shape index (κ1) is 15.5. The number of aryl methyl sites for hydroxylation is 1. The zero-order chi connectivity index (χ0) is 16.5. The van der Waals surface area contributed by atoms with Crippen LogP contribution in [0.1, 0.15) is 61.5 Å². The van der Waals surface area contributed by atoms with Crippen LogP contribution in [0.5, 0.6) is 0 Å². The summed E-state index contributed by atoms with van der Waals surface area (Å²) in [5.74, 6) is 1.34. The molecule has 0 unspecified atom stereocenters. The van der Waals surface area contributed by atoms with Crippen LogP contribution in [0.4, 0.5) is 5.69 Å². The number of pyridine rings is 1. The average Bonchev–Trinajstić information content (AvgIpc) is 3.45. The fourth-order valence-corrected chi connectivity index (χ4v) is 4.00. The maximum absolute atomic E-state index is 12.4. The van der Waals surface area contributed by atoms with Gasteiger partial charge in [-0.05, 0) is 67.6 Å². The summed E-state index contributed by atoms with van der Waals surface area (Å²) in [5.41, 5.74) is 3.68. The van der Waals surface area contributed by atoms with Crippen LogP contribution >= 0.6 is 0 Å². The van der Waals surface area contributed by atoms with Crippen LogP contribution < -0.4 is 10.9 Å². The van der Waals surface area contributed by atoms with E-state index in [9.17, 15) is 4.79 Å². The van der Waals surface area contributed by atoms with Crippen LogP contribution in [-0.2, 0) is 7.05 Å². The predicted octanol–water partition coefficient (Wildman–Crippen LogP) is 4.40. The van der Waals surface area contributed by atoms with Gasteiger partial charge in [0.25, 0.3) is 5.56 Å². The SMILES string of the molecule is Cn1cc(C2CC2)cc(N[C@H]2CC[C@@H](c3ccccc3)CC2)c1=O. The number of nitrogens with zero attached hydrogens (tertiary/aromatic N) is 1. The molecule has 3 heteroatoms. The van der Waals surface area contributed by atoms with Crippen molar-refractivity contribution in [2.45, 2.75) is 56.4 Å². The van der Waals surface area contributed by atoms with Crippen LogP contribution in [0.15, 0.2) is 47.4 Å². The van der Waals surface area contributed by atoms with Gasteiger partial charge < -0.3 is 9.88 Å². The average molecular weight is 322 g/mol. The van der Waals surface area contributed by atoms with Crippen LogP contribution in [-0.4, -0.2) is 10.6 Å². The van der Waals surface area contributed by atoms with Crippen molar-refractivity contribution in [3.05, 3.63) is 64.1 Å². The molecule has 2 fully saturated rings. The molecule has 3 nitrogen and oxygen atoms in total. The molecule has 0 atom stereocenters. The minimum Gasteiger partial charge on any atom is -0.378 e. The summed E-state index contributed by atoms with van der Waals surface area (Å²) >= 11 is 0. The minimum atomic E-state index is 0.101. The molecule has 0 aliphatic heterocycles. The number of hydrogen-bond donors (Lipinski definition) is 1. The molecule has 0 radical (unpaired) electrons. The van der Waals surface area contributed by atoms with Crippen LogP contribution in [0.2, 0.25) is 0 Å². The largest absolute Gasteiger partial charge is 0.378 e. The highest BCUT2D eigenvalue weighted by Gasteiger charge is 2.26. The minimum absolute atomic E-state index is 0.101. The fraction of sp³-hybridized carbons (Fsp3) is 0.476. The zero-order valence-electron chi connectivity index (χ0n) is 14.4. The lowest BCUT2D eigenvalue weighted by Crippen LogP contribution is -2.30. The molecule has 126 valence electrons. The Labute approximate surface area is 143 Å². The van der Waals surface area contributed by atoms with Crippen molar-refractivity contribution in [1.29, 1.82) is 0 Å². The number of anilines is 1. The lowest BCUT2D eigenvalue weighted by atomic mass is 9.82. The van der Waals surface area contributed by atoms with E-state index in [1.54, 1.807) is 4.57 Å². The topological polar surface area (TPSA) is 34.0 Å². The smallest absolute Gasteiger partial charge is 0.273 e. The third-order valence-electron chi connectivity index (χ3n) is 5.61. The summed E-state index contributed by atoms with van der Waals surface area (Å²) in [6.45, 7) is 0. The van der Waals surface area contributed by atoms with Crippen molar-refractivity contribution in [3.63, 3.8) is 0 Å². The molecule has 1 aromatic heterocycles. The van der Waals surface area contributed by atoms with Gasteiger partial charge in [0.1, 0.15) is 5.69 Å². The van der Waals surface area contributed by atoms with E-state index >= 15 is 0 Å². The lowest BCUT2D eigenvalue weighted by Gasteiger charge is -2.30. The fourth-order valence-electron chi connectivity index (χ4n) is 4.00. The molecule has 1 heterocycles. The van der Waals surface area contributed by atoms with Crippen molar-refractivity contribution < 1.29 is 0 Å². The maximum atomic E-state index is 12.4. The van der Waals surface area contributed by atoms with Gasteiger partial charge in [-0.2, -0.15) is 0 Å². The number of benzene rings is 1. The molecule has 0 bridgehead atoms. The Hall–Kier alpha value is -2.03. The van der Waals surface area contributed by atoms with Gasteiger partial charge in [0, 0.05) is 19.3 Å². The van der Waals surface area contributed by atoms with Gasteiger partial charge in [-0.25, -0.2) is 0 Å². The van der Waals surface area contributed by atoms with Crippen molar-refractivity contribution in [2.24, 2.45) is 7.05 Å². The third kappa shape index (κ3) is 3.26. The summed E-state index contributed by atoms with van der Waals surface area (Å²) in [5, 5.41) is 3.55. The first-order chi connectivity index (χ1) is 11.7. The van der Waals surface area contributed by atoms with Gasteiger partial charge in [-0.3, -0.25) is 4.79 Å². The Morgan fingerprint density at radius 3 is 2.21 bits per heavy atom. The summed E-state index contributed by atoms with van der Waals surface area (Å²) in [6, 6.07) is 13.4. The maximum Gasteiger partial charge on any atom is 0.273 e. The van der Waals surface area contributed by atoms with Gasteiger partial charge >= 0.3 is 0 Å². The molecule has 1 aromatic carbocycles. The molecular formula is C21H26N2O. The van der Waals surface area contributed by atoms with E-state index in [0.717, 1.165) is 18.5 Å². The molecule has 0 saturated heterocycles. The summed E-state index contributed by atoms with van der Waals surface area (Å²) in [6.07, 6.45) is 9.21. The van der Waals surface area contributed by atoms with Crippen molar-refractivity contribution >= 4 is 5.69 Å². The number of rotatable bonds is 4. The van der Waals surface area contributed by atoms with Gasteiger partial charge in [0.05, 0.1) is 0 Å². The summed E-state index contributed by atoms with van der Waals surface area (Å²) < 4.78 is 1.74. The Kier molecular flexibility index (Phi) is 4.17. The quantitative estimate of drug-likeness (QED) is 0.905. The Morgan fingerprint density at radius 2 is 1.54 bits per heavy atom. The molecule has 2 saturated carbocycles. The highest BCUT2D eigenvalue weighted by Crippen LogP contribution is 2.40.